The number of carbonyl (C=O) groups is 1. The Morgan fingerprint density at radius 1 is 1.33 bits per heavy atom. The number of hydrogen-bond donors (Lipinski definition) is 2. The van der Waals surface area contributed by atoms with Crippen LogP contribution in [-0.4, -0.2) is 22.3 Å². The number of carboxylic acids is 1. The van der Waals surface area contributed by atoms with Crippen molar-refractivity contribution in [1.82, 2.24) is 0 Å². The van der Waals surface area contributed by atoms with Gasteiger partial charge in [0.25, 0.3) is 0 Å². The Labute approximate surface area is 91.8 Å². The Morgan fingerprint density at radius 2 is 1.93 bits per heavy atom. The topological polar surface area (TPSA) is 57.5 Å². The third-order valence-corrected chi connectivity index (χ3v) is 2.46. The molecule has 2 N–H and O–H groups in total. The molecule has 0 aliphatic rings. The molecule has 0 aliphatic heterocycles. The number of hydrogen-bond acceptors (Lipinski definition) is 2. The maximum Gasteiger partial charge on any atom is 0.303 e. The SMILES string of the molecule is C/C(=C\CCC(O)C(C)C)CCC(=O)O. The van der Waals surface area contributed by atoms with Crippen LogP contribution in [-0.2, 0) is 4.79 Å². The predicted molar refractivity (Wildman–Crippen MR) is 60.7 cm³/mol. The molecule has 0 radical (unpaired) electrons. The quantitative estimate of drug-likeness (QED) is 0.640. The molecule has 0 aromatic carbocycles. The molecule has 88 valence electrons. The third kappa shape index (κ3) is 8.18. The molecule has 0 aromatic heterocycles. The molecule has 1 atom stereocenters. The minimum absolute atomic E-state index is 0.190. The minimum Gasteiger partial charge on any atom is -0.481 e. The number of aliphatic hydroxyl groups excluding tert-OH is 1. The molecule has 0 rings (SSSR count). The number of aliphatic hydroxyl groups is 1. The Hall–Kier alpha value is -0.830. The second-order valence-electron chi connectivity index (χ2n) is 4.33. The number of rotatable bonds is 7. The highest BCUT2D eigenvalue weighted by molar-refractivity contribution is 5.66. The van der Waals surface area contributed by atoms with Crippen molar-refractivity contribution in [1.29, 1.82) is 0 Å². The Bertz CT molecular complexity index is 219. The largest absolute Gasteiger partial charge is 0.481 e. The van der Waals surface area contributed by atoms with E-state index in [1.807, 2.05) is 26.8 Å². The van der Waals surface area contributed by atoms with Crippen molar-refractivity contribution in [2.75, 3.05) is 0 Å². The first kappa shape index (κ1) is 14.2. The van der Waals surface area contributed by atoms with Crippen LogP contribution in [0.1, 0.15) is 46.5 Å². The van der Waals surface area contributed by atoms with E-state index in [-0.39, 0.29) is 18.4 Å². The van der Waals surface area contributed by atoms with E-state index in [1.54, 1.807) is 0 Å². The van der Waals surface area contributed by atoms with Gasteiger partial charge in [-0.1, -0.05) is 25.5 Å². The van der Waals surface area contributed by atoms with Gasteiger partial charge in [0, 0.05) is 6.42 Å². The van der Waals surface area contributed by atoms with E-state index in [4.69, 9.17) is 5.11 Å². The Kier molecular flexibility index (Phi) is 7.05. The van der Waals surface area contributed by atoms with E-state index >= 15 is 0 Å². The molecule has 0 bridgehead atoms. The van der Waals surface area contributed by atoms with Crippen LogP contribution in [0.4, 0.5) is 0 Å². The summed E-state index contributed by atoms with van der Waals surface area (Å²) in [5, 5.41) is 18.0. The second kappa shape index (κ2) is 7.46. The highest BCUT2D eigenvalue weighted by atomic mass is 16.4. The van der Waals surface area contributed by atoms with E-state index in [1.165, 1.54) is 0 Å². The molecule has 1 unspecified atom stereocenters. The zero-order valence-electron chi connectivity index (χ0n) is 9.86. The molecule has 0 fully saturated rings. The van der Waals surface area contributed by atoms with Gasteiger partial charge >= 0.3 is 5.97 Å². The minimum atomic E-state index is -0.759. The fourth-order valence-corrected chi connectivity index (χ4v) is 1.24. The van der Waals surface area contributed by atoms with Crippen LogP contribution in [0.2, 0.25) is 0 Å². The van der Waals surface area contributed by atoms with Crippen LogP contribution in [0.25, 0.3) is 0 Å². The van der Waals surface area contributed by atoms with Gasteiger partial charge in [0.2, 0.25) is 0 Å². The molecular formula is C12H22O3. The van der Waals surface area contributed by atoms with Gasteiger partial charge in [0.1, 0.15) is 0 Å². The summed E-state index contributed by atoms with van der Waals surface area (Å²) in [7, 11) is 0. The maximum atomic E-state index is 10.3. The Balaban J connectivity index is 3.71. The molecule has 0 amide bonds. The fraction of sp³-hybridized carbons (Fsp3) is 0.750. The first-order valence-corrected chi connectivity index (χ1v) is 5.49. The monoisotopic (exact) mass is 214 g/mol. The first-order chi connectivity index (χ1) is 6.93. The zero-order valence-corrected chi connectivity index (χ0v) is 9.86. The molecule has 3 nitrogen and oxygen atoms in total. The smallest absolute Gasteiger partial charge is 0.303 e. The van der Waals surface area contributed by atoms with E-state index in [0.29, 0.717) is 6.42 Å². The van der Waals surface area contributed by atoms with Crippen molar-refractivity contribution in [2.24, 2.45) is 5.92 Å². The van der Waals surface area contributed by atoms with Crippen molar-refractivity contribution in [3.8, 4) is 0 Å². The lowest BCUT2D eigenvalue weighted by Gasteiger charge is -2.12. The summed E-state index contributed by atoms with van der Waals surface area (Å²) in [6.45, 7) is 5.92. The van der Waals surface area contributed by atoms with E-state index in [9.17, 15) is 9.90 Å². The molecular weight excluding hydrogens is 192 g/mol. The lowest BCUT2D eigenvalue weighted by Crippen LogP contribution is -2.13. The molecule has 3 heteroatoms. The van der Waals surface area contributed by atoms with Gasteiger partial charge in [-0.15, -0.1) is 0 Å². The van der Waals surface area contributed by atoms with Crippen LogP contribution in [0, 0.1) is 5.92 Å². The van der Waals surface area contributed by atoms with Crippen LogP contribution in [0.3, 0.4) is 0 Å². The molecule has 15 heavy (non-hydrogen) atoms. The second-order valence-corrected chi connectivity index (χ2v) is 4.33. The standard InChI is InChI=1S/C12H22O3/c1-9(2)11(13)6-4-5-10(3)7-8-12(14)15/h5,9,11,13H,4,6-8H2,1-3H3,(H,14,15)/b10-5+. The molecule has 0 aliphatic carbocycles. The number of aliphatic carboxylic acids is 1. The van der Waals surface area contributed by atoms with Gasteiger partial charge in [-0.3, -0.25) is 4.79 Å². The van der Waals surface area contributed by atoms with Gasteiger partial charge in [0.05, 0.1) is 6.10 Å². The van der Waals surface area contributed by atoms with E-state index < -0.39 is 5.97 Å². The van der Waals surface area contributed by atoms with Crippen molar-refractivity contribution in [3.63, 3.8) is 0 Å². The summed E-state index contributed by atoms with van der Waals surface area (Å²) in [6, 6.07) is 0. The van der Waals surface area contributed by atoms with Gasteiger partial charge in [-0.2, -0.15) is 0 Å². The fourth-order valence-electron chi connectivity index (χ4n) is 1.24. The normalized spacial score (nSPS) is 14.3. The molecule has 0 spiro atoms. The average molecular weight is 214 g/mol. The lowest BCUT2D eigenvalue weighted by molar-refractivity contribution is -0.136. The van der Waals surface area contributed by atoms with Crippen LogP contribution < -0.4 is 0 Å². The predicted octanol–water partition coefficient (Wildman–Crippen LogP) is 2.59. The Morgan fingerprint density at radius 3 is 2.40 bits per heavy atom. The molecule has 0 heterocycles. The molecule has 0 saturated carbocycles. The van der Waals surface area contributed by atoms with Crippen LogP contribution in [0.5, 0.6) is 0 Å². The molecule has 0 aromatic rings. The van der Waals surface area contributed by atoms with Crippen molar-refractivity contribution in [2.45, 2.75) is 52.6 Å². The van der Waals surface area contributed by atoms with Crippen LogP contribution in [0.15, 0.2) is 11.6 Å². The average Bonchev–Trinajstić information content (AvgIpc) is 2.14. The van der Waals surface area contributed by atoms with Crippen molar-refractivity contribution in [3.05, 3.63) is 11.6 Å². The molecule has 0 saturated heterocycles. The summed E-state index contributed by atoms with van der Waals surface area (Å²) in [5.41, 5.74) is 1.09. The summed E-state index contributed by atoms with van der Waals surface area (Å²) >= 11 is 0. The van der Waals surface area contributed by atoms with E-state index in [0.717, 1.165) is 18.4 Å². The van der Waals surface area contributed by atoms with Crippen LogP contribution >= 0.6 is 0 Å². The maximum absolute atomic E-state index is 10.3. The van der Waals surface area contributed by atoms with Gasteiger partial charge in [0.15, 0.2) is 0 Å². The number of allylic oxidation sites excluding steroid dienone is 2. The highest BCUT2D eigenvalue weighted by Crippen LogP contribution is 2.11. The summed E-state index contributed by atoms with van der Waals surface area (Å²) in [4.78, 5) is 10.3. The summed E-state index contributed by atoms with van der Waals surface area (Å²) in [6.07, 6.45) is 4.14. The summed E-state index contributed by atoms with van der Waals surface area (Å²) in [5.74, 6) is -0.470. The van der Waals surface area contributed by atoms with Crippen molar-refractivity contribution < 1.29 is 15.0 Å². The van der Waals surface area contributed by atoms with E-state index in [2.05, 4.69) is 0 Å². The van der Waals surface area contributed by atoms with Gasteiger partial charge in [-0.05, 0) is 32.1 Å². The highest BCUT2D eigenvalue weighted by Gasteiger charge is 2.07. The number of carboxylic acid groups (broad SMARTS) is 1. The zero-order chi connectivity index (χ0) is 11.8. The van der Waals surface area contributed by atoms with Crippen molar-refractivity contribution >= 4 is 5.97 Å². The lowest BCUT2D eigenvalue weighted by atomic mass is 10.0. The third-order valence-electron chi connectivity index (χ3n) is 2.46. The first-order valence-electron chi connectivity index (χ1n) is 5.49. The van der Waals surface area contributed by atoms with Gasteiger partial charge in [-0.25, -0.2) is 0 Å². The summed E-state index contributed by atoms with van der Waals surface area (Å²) < 4.78 is 0. The van der Waals surface area contributed by atoms with Gasteiger partial charge < -0.3 is 10.2 Å².